The van der Waals surface area contributed by atoms with Crippen LogP contribution in [-0.4, -0.2) is 42.3 Å². The second-order valence-electron chi connectivity index (χ2n) is 7.65. The van der Waals surface area contributed by atoms with Crippen molar-refractivity contribution in [3.63, 3.8) is 0 Å². The van der Waals surface area contributed by atoms with Crippen LogP contribution in [0.15, 0.2) is 12.2 Å². The third-order valence-electron chi connectivity index (χ3n) is 6.49. The zero-order valence-corrected chi connectivity index (χ0v) is 15.0. The summed E-state index contributed by atoms with van der Waals surface area (Å²) in [5, 5.41) is 2.90. The van der Waals surface area contributed by atoms with Crippen LogP contribution in [0.1, 0.15) is 25.7 Å². The fourth-order valence-corrected chi connectivity index (χ4v) is 5.27. The van der Waals surface area contributed by atoms with Crippen LogP contribution in [0.2, 0.25) is 0 Å². The van der Waals surface area contributed by atoms with Crippen LogP contribution in [0.5, 0.6) is 0 Å². The topological polar surface area (TPSA) is 92.5 Å². The van der Waals surface area contributed by atoms with E-state index in [1.165, 1.54) is 4.90 Å². The first kappa shape index (κ1) is 18.4. The van der Waals surface area contributed by atoms with Crippen molar-refractivity contribution in [1.82, 2.24) is 10.2 Å². The minimum atomic E-state index is -0.153. The van der Waals surface area contributed by atoms with Gasteiger partial charge in [0.25, 0.3) is 0 Å². The Balaban J connectivity index is 0.00000182. The zero-order valence-electron chi connectivity index (χ0n) is 14.2. The number of nitrogens with two attached hydrogens (primary N) is 1. The Labute approximate surface area is 154 Å². The molecule has 1 saturated heterocycles. The van der Waals surface area contributed by atoms with Gasteiger partial charge in [-0.25, -0.2) is 0 Å². The first-order valence-corrected chi connectivity index (χ1v) is 9.13. The molecule has 0 aromatic carbocycles. The number of nitrogens with zero attached hydrogens (tertiary/aromatic N) is 1. The summed E-state index contributed by atoms with van der Waals surface area (Å²) in [6, 6.07) is 0. The van der Waals surface area contributed by atoms with Gasteiger partial charge >= 0.3 is 0 Å². The molecule has 3 amide bonds. The molecule has 138 valence electrons. The van der Waals surface area contributed by atoms with Gasteiger partial charge in [-0.2, -0.15) is 0 Å². The highest BCUT2D eigenvalue weighted by Gasteiger charge is 2.58. The molecule has 4 unspecified atom stereocenters. The predicted molar refractivity (Wildman–Crippen MR) is 94.6 cm³/mol. The van der Waals surface area contributed by atoms with Crippen LogP contribution in [0.4, 0.5) is 0 Å². The van der Waals surface area contributed by atoms with Crippen molar-refractivity contribution in [2.45, 2.75) is 25.7 Å². The van der Waals surface area contributed by atoms with E-state index in [-0.39, 0.29) is 72.2 Å². The normalized spacial score (nSPS) is 38.2. The van der Waals surface area contributed by atoms with Crippen LogP contribution in [-0.2, 0) is 14.4 Å². The molecule has 0 aromatic rings. The lowest BCUT2D eigenvalue weighted by molar-refractivity contribution is -0.141. The zero-order chi connectivity index (χ0) is 16.8. The lowest BCUT2D eigenvalue weighted by Crippen LogP contribution is -2.42. The molecule has 2 saturated carbocycles. The summed E-state index contributed by atoms with van der Waals surface area (Å²) in [4.78, 5) is 38.8. The number of allylic oxidation sites excluding steroid dienone is 2. The number of carbonyl (C=O) groups is 3. The van der Waals surface area contributed by atoms with Gasteiger partial charge in [-0.1, -0.05) is 18.6 Å². The molecule has 4 aliphatic rings. The second-order valence-corrected chi connectivity index (χ2v) is 7.65. The number of rotatable bonds is 5. The lowest BCUT2D eigenvalue weighted by atomic mass is 9.85. The molecule has 6 atom stereocenters. The smallest absolute Gasteiger partial charge is 0.233 e. The number of imide groups is 1. The number of carbonyl (C=O) groups excluding carboxylic acids is 3. The predicted octanol–water partition coefficient (Wildman–Crippen LogP) is 0.706. The highest BCUT2D eigenvalue weighted by molar-refractivity contribution is 6.06. The number of hydrogen-bond donors (Lipinski definition) is 2. The minimum absolute atomic E-state index is 0. The van der Waals surface area contributed by atoms with E-state index in [9.17, 15) is 14.4 Å². The molecule has 3 aliphatic carbocycles. The monoisotopic (exact) mass is 367 g/mol. The fraction of sp³-hybridized carbons (Fsp3) is 0.722. The van der Waals surface area contributed by atoms with Crippen LogP contribution >= 0.6 is 12.4 Å². The Bertz CT molecular complexity index is 578. The number of nitrogens with one attached hydrogen (secondary N) is 1. The van der Waals surface area contributed by atoms with Crippen molar-refractivity contribution in [2.75, 3.05) is 19.6 Å². The number of likely N-dealkylation sites (tertiary alicyclic amines) is 1. The quantitative estimate of drug-likeness (QED) is 0.552. The maximum absolute atomic E-state index is 12.6. The summed E-state index contributed by atoms with van der Waals surface area (Å²) in [7, 11) is 0. The van der Waals surface area contributed by atoms with E-state index in [0.717, 1.165) is 25.7 Å². The standard InChI is InChI=1S/C18H25N3O3.ClH/c19-9-12-2-1-3-13(12)16(22)20-6-7-21-17(23)14-10-4-5-11(8-10)15(14)18(21)24;/h4-5,10-15H,1-3,6-9,19H2,(H,20,22);1H/t10?,11?,12-,13-,14?,15?;/m1./s1. The number of hydrogen-bond acceptors (Lipinski definition) is 4. The summed E-state index contributed by atoms with van der Waals surface area (Å²) in [5.74, 6) is 0.345. The Morgan fingerprint density at radius 2 is 1.80 bits per heavy atom. The summed E-state index contributed by atoms with van der Waals surface area (Å²) in [5.41, 5.74) is 5.73. The van der Waals surface area contributed by atoms with Crippen molar-refractivity contribution in [1.29, 1.82) is 0 Å². The third kappa shape index (κ3) is 2.89. The van der Waals surface area contributed by atoms with Crippen molar-refractivity contribution < 1.29 is 14.4 Å². The van der Waals surface area contributed by atoms with Crippen molar-refractivity contribution in [2.24, 2.45) is 41.2 Å². The maximum Gasteiger partial charge on any atom is 0.233 e. The Kier molecular flexibility index (Phi) is 5.21. The Morgan fingerprint density at radius 1 is 1.16 bits per heavy atom. The SMILES string of the molecule is Cl.NC[C@H]1CCC[C@H]1C(=O)NCCN1C(=O)C2C3C=CC(C3)C2C1=O. The van der Waals surface area contributed by atoms with Crippen molar-refractivity contribution in [3.05, 3.63) is 12.2 Å². The highest BCUT2D eigenvalue weighted by Crippen LogP contribution is 2.52. The van der Waals surface area contributed by atoms with Crippen LogP contribution in [0.25, 0.3) is 0 Å². The molecule has 0 spiro atoms. The maximum atomic E-state index is 12.6. The molecule has 3 N–H and O–H groups in total. The molecule has 2 bridgehead atoms. The molecule has 0 aromatic heterocycles. The van der Waals surface area contributed by atoms with E-state index in [1.54, 1.807) is 0 Å². The first-order chi connectivity index (χ1) is 11.6. The molecule has 3 fully saturated rings. The van der Waals surface area contributed by atoms with Gasteiger partial charge in [0.15, 0.2) is 0 Å². The number of fused-ring (bicyclic) bond motifs is 5. The van der Waals surface area contributed by atoms with Crippen molar-refractivity contribution >= 4 is 30.1 Å². The van der Waals surface area contributed by atoms with E-state index in [2.05, 4.69) is 17.5 Å². The van der Waals surface area contributed by atoms with Crippen LogP contribution in [0, 0.1) is 35.5 Å². The largest absolute Gasteiger partial charge is 0.354 e. The van der Waals surface area contributed by atoms with E-state index in [0.29, 0.717) is 13.1 Å². The Hall–Kier alpha value is -1.40. The fourth-order valence-electron chi connectivity index (χ4n) is 5.27. The molecule has 1 heterocycles. The van der Waals surface area contributed by atoms with Crippen LogP contribution in [0.3, 0.4) is 0 Å². The molecule has 4 rings (SSSR count). The average Bonchev–Trinajstić information content (AvgIpc) is 3.33. The van der Waals surface area contributed by atoms with Gasteiger partial charge in [0.1, 0.15) is 0 Å². The van der Waals surface area contributed by atoms with Gasteiger partial charge in [-0.15, -0.1) is 12.4 Å². The van der Waals surface area contributed by atoms with E-state index >= 15 is 0 Å². The third-order valence-corrected chi connectivity index (χ3v) is 6.49. The summed E-state index contributed by atoms with van der Waals surface area (Å²) in [6.07, 6.45) is 8.07. The molecule has 6 nitrogen and oxygen atoms in total. The first-order valence-electron chi connectivity index (χ1n) is 9.13. The lowest BCUT2D eigenvalue weighted by Gasteiger charge is -2.20. The van der Waals surface area contributed by atoms with Gasteiger partial charge in [0.2, 0.25) is 17.7 Å². The highest BCUT2D eigenvalue weighted by atomic mass is 35.5. The molecular weight excluding hydrogens is 342 g/mol. The van der Waals surface area contributed by atoms with E-state index in [1.807, 2.05) is 0 Å². The second kappa shape index (κ2) is 7.08. The molecule has 1 aliphatic heterocycles. The molecule has 25 heavy (non-hydrogen) atoms. The van der Waals surface area contributed by atoms with Gasteiger partial charge in [0.05, 0.1) is 11.8 Å². The summed E-state index contributed by atoms with van der Waals surface area (Å²) >= 11 is 0. The van der Waals surface area contributed by atoms with Crippen LogP contribution < -0.4 is 11.1 Å². The molecular formula is C18H26ClN3O3. The van der Waals surface area contributed by atoms with E-state index < -0.39 is 0 Å². The average molecular weight is 368 g/mol. The summed E-state index contributed by atoms with van der Waals surface area (Å²) in [6.45, 7) is 1.17. The van der Waals surface area contributed by atoms with Gasteiger partial charge in [-0.05, 0) is 43.6 Å². The van der Waals surface area contributed by atoms with Gasteiger partial charge < -0.3 is 11.1 Å². The molecule has 0 radical (unpaired) electrons. The van der Waals surface area contributed by atoms with Gasteiger partial charge in [0, 0.05) is 19.0 Å². The van der Waals surface area contributed by atoms with Crippen molar-refractivity contribution in [3.8, 4) is 0 Å². The number of amides is 3. The number of halogens is 1. The van der Waals surface area contributed by atoms with E-state index in [4.69, 9.17) is 5.73 Å². The Morgan fingerprint density at radius 3 is 2.40 bits per heavy atom. The minimum Gasteiger partial charge on any atom is -0.354 e. The van der Waals surface area contributed by atoms with Gasteiger partial charge in [-0.3, -0.25) is 19.3 Å². The molecule has 7 heteroatoms. The summed E-state index contributed by atoms with van der Waals surface area (Å²) < 4.78 is 0.